The summed E-state index contributed by atoms with van der Waals surface area (Å²) in [6.07, 6.45) is 7.86. The molecule has 30 heavy (non-hydrogen) atoms. The molecular formula is C21H24BrN7O. The van der Waals surface area contributed by atoms with Gasteiger partial charge in [0, 0.05) is 50.2 Å². The third-order valence-electron chi connectivity index (χ3n) is 6.05. The van der Waals surface area contributed by atoms with Crippen LogP contribution >= 0.6 is 15.9 Å². The van der Waals surface area contributed by atoms with Gasteiger partial charge in [0.25, 0.3) is 0 Å². The molecule has 3 aliphatic rings. The molecule has 3 aliphatic heterocycles. The van der Waals surface area contributed by atoms with Crippen molar-refractivity contribution in [1.29, 1.82) is 0 Å². The average molecular weight is 470 g/mol. The summed E-state index contributed by atoms with van der Waals surface area (Å²) < 4.78 is 0.884. The number of nitrogens with one attached hydrogen (secondary N) is 1. The van der Waals surface area contributed by atoms with Gasteiger partial charge in [-0.15, -0.1) is 0 Å². The molecule has 4 N–H and O–H groups in total. The van der Waals surface area contributed by atoms with Crippen LogP contribution in [0.25, 0.3) is 5.70 Å². The molecule has 9 heteroatoms. The third-order valence-corrected chi connectivity index (χ3v) is 6.46. The van der Waals surface area contributed by atoms with Crippen molar-refractivity contribution >= 4 is 27.6 Å². The van der Waals surface area contributed by atoms with E-state index < -0.39 is 0 Å². The van der Waals surface area contributed by atoms with Crippen LogP contribution in [0, 0.1) is 0 Å². The topological polar surface area (TPSA) is 93.8 Å². The van der Waals surface area contributed by atoms with Crippen LogP contribution in [-0.4, -0.2) is 57.2 Å². The second kappa shape index (κ2) is 7.39. The first-order chi connectivity index (χ1) is 14.5. The van der Waals surface area contributed by atoms with Crippen LogP contribution < -0.4 is 16.1 Å². The lowest BCUT2D eigenvalue weighted by Crippen LogP contribution is -2.55. The summed E-state index contributed by atoms with van der Waals surface area (Å²) in [6, 6.07) is 8.00. The summed E-state index contributed by atoms with van der Waals surface area (Å²) in [5.74, 6) is 1.70. The number of allylic oxidation sites excluding steroid dienone is 1. The number of fused-ring (bicyclic) bond motifs is 2. The molecular weight excluding hydrogens is 446 g/mol. The number of halogens is 1. The first kappa shape index (κ1) is 19.0. The first-order valence-corrected chi connectivity index (χ1v) is 10.8. The van der Waals surface area contributed by atoms with Crippen LogP contribution in [0.5, 0.6) is 5.75 Å². The number of likely N-dealkylation sites (tertiary alicyclic amines) is 1. The minimum absolute atomic E-state index is 0.238. The second-order valence-electron chi connectivity index (χ2n) is 7.91. The largest absolute Gasteiger partial charge is 0.507 e. The van der Waals surface area contributed by atoms with Crippen molar-refractivity contribution < 1.29 is 5.11 Å². The molecule has 5 rings (SSSR count). The fraction of sp³-hybridized carbons (Fsp3) is 0.333. The Morgan fingerprint density at radius 2 is 1.80 bits per heavy atom. The first-order valence-electron chi connectivity index (χ1n) is 10.0. The molecule has 0 amide bonds. The number of benzene rings is 1. The van der Waals surface area contributed by atoms with Crippen LogP contribution in [0.2, 0.25) is 0 Å². The van der Waals surface area contributed by atoms with E-state index in [1.165, 1.54) is 0 Å². The molecule has 0 aliphatic carbocycles. The SMILES string of the molecule is CN1NC(c2ccccc2O)=CC(N2CC3CCC(C2)N3c2ncc(Br)cn2)=C1N. The van der Waals surface area contributed by atoms with Crippen LogP contribution in [-0.2, 0) is 0 Å². The quantitative estimate of drug-likeness (QED) is 0.629. The zero-order valence-electron chi connectivity index (χ0n) is 16.7. The fourth-order valence-electron chi connectivity index (χ4n) is 4.61. The lowest BCUT2D eigenvalue weighted by atomic mass is 10.1. The molecule has 0 saturated carbocycles. The highest BCUT2D eigenvalue weighted by atomic mass is 79.9. The van der Waals surface area contributed by atoms with Crippen molar-refractivity contribution in [3.8, 4) is 5.75 Å². The molecule has 1 aromatic carbocycles. The van der Waals surface area contributed by atoms with Crippen molar-refractivity contribution in [2.45, 2.75) is 24.9 Å². The molecule has 8 nitrogen and oxygen atoms in total. The van der Waals surface area contributed by atoms with Gasteiger partial charge in [0.1, 0.15) is 11.6 Å². The van der Waals surface area contributed by atoms with Crippen LogP contribution in [0.15, 0.2) is 58.7 Å². The summed E-state index contributed by atoms with van der Waals surface area (Å²) in [5, 5.41) is 12.1. The number of aromatic nitrogens is 2. The summed E-state index contributed by atoms with van der Waals surface area (Å²) >= 11 is 3.41. The molecule has 2 unspecified atom stereocenters. The summed E-state index contributed by atoms with van der Waals surface area (Å²) in [5.41, 5.74) is 12.3. The fourth-order valence-corrected chi connectivity index (χ4v) is 4.82. The molecule has 2 atom stereocenters. The number of rotatable bonds is 3. The Kier molecular flexibility index (Phi) is 4.69. The van der Waals surface area contributed by atoms with Crippen molar-refractivity contribution in [1.82, 2.24) is 25.3 Å². The van der Waals surface area contributed by atoms with Crippen molar-refractivity contribution in [2.24, 2.45) is 5.73 Å². The normalized spacial score (nSPS) is 23.5. The number of nitrogens with zero attached hydrogens (tertiary/aromatic N) is 5. The maximum atomic E-state index is 10.3. The molecule has 0 spiro atoms. The van der Waals surface area contributed by atoms with E-state index in [4.69, 9.17) is 5.73 Å². The Morgan fingerprint density at radius 3 is 2.47 bits per heavy atom. The standard InChI is InChI=1S/C21H24BrN7O/c1-27-20(23)18(8-17(26-27)16-4-2-3-5-19(16)30)28-11-14-6-7-15(12-28)29(14)21-24-9-13(22)10-25-21/h2-5,8-10,14-15,26,30H,6-7,11-12,23H2,1H3. The van der Waals surface area contributed by atoms with E-state index in [9.17, 15) is 5.11 Å². The van der Waals surface area contributed by atoms with E-state index in [0.29, 0.717) is 17.9 Å². The van der Waals surface area contributed by atoms with Crippen molar-refractivity contribution in [3.63, 3.8) is 0 Å². The number of hydrogen-bond donors (Lipinski definition) is 3. The van der Waals surface area contributed by atoms with Gasteiger partial charge in [-0.25, -0.2) is 9.97 Å². The van der Waals surface area contributed by atoms with Crippen molar-refractivity contribution in [3.05, 3.63) is 64.3 Å². The van der Waals surface area contributed by atoms with Gasteiger partial charge in [-0.3, -0.25) is 10.4 Å². The minimum Gasteiger partial charge on any atom is -0.507 e. The third kappa shape index (κ3) is 3.23. The number of hydrogen-bond acceptors (Lipinski definition) is 8. The highest BCUT2D eigenvalue weighted by Gasteiger charge is 2.42. The van der Waals surface area contributed by atoms with E-state index in [0.717, 1.165) is 53.3 Å². The molecule has 0 radical (unpaired) electrons. The number of aromatic hydroxyl groups is 1. The van der Waals surface area contributed by atoms with Gasteiger partial charge in [0.05, 0.1) is 15.9 Å². The lowest BCUT2D eigenvalue weighted by molar-refractivity contribution is 0.253. The number of nitrogens with two attached hydrogens (primary N) is 1. The molecule has 2 aromatic rings. The summed E-state index contributed by atoms with van der Waals surface area (Å²) in [6.45, 7) is 1.70. The Labute approximate surface area is 183 Å². The molecule has 2 saturated heterocycles. The van der Waals surface area contributed by atoms with Crippen LogP contribution in [0.1, 0.15) is 18.4 Å². The van der Waals surface area contributed by atoms with Crippen LogP contribution in [0.4, 0.5) is 5.95 Å². The van der Waals surface area contributed by atoms with Gasteiger partial charge in [-0.2, -0.15) is 0 Å². The van der Waals surface area contributed by atoms with Crippen LogP contribution in [0.3, 0.4) is 0 Å². The van der Waals surface area contributed by atoms with Gasteiger partial charge in [-0.05, 0) is 47.0 Å². The van der Waals surface area contributed by atoms with E-state index in [2.05, 4.69) is 41.1 Å². The minimum atomic E-state index is 0.238. The Balaban J connectivity index is 1.44. The molecule has 1 aromatic heterocycles. The van der Waals surface area contributed by atoms with E-state index in [1.54, 1.807) is 18.5 Å². The van der Waals surface area contributed by atoms with Gasteiger partial charge in [-0.1, -0.05) is 12.1 Å². The number of hydrazine groups is 1. The van der Waals surface area contributed by atoms with Gasteiger partial charge in [0.15, 0.2) is 0 Å². The number of phenols is 1. The predicted molar refractivity (Wildman–Crippen MR) is 119 cm³/mol. The second-order valence-corrected chi connectivity index (χ2v) is 8.83. The maximum Gasteiger partial charge on any atom is 0.225 e. The Bertz CT molecular complexity index is 1010. The number of piperazine rings is 1. The van der Waals surface area contributed by atoms with E-state index >= 15 is 0 Å². The van der Waals surface area contributed by atoms with Gasteiger partial charge in [0.2, 0.25) is 5.95 Å². The Hall–Kier alpha value is -2.94. The molecule has 2 bridgehead atoms. The number of anilines is 1. The van der Waals surface area contributed by atoms with Gasteiger partial charge >= 0.3 is 0 Å². The van der Waals surface area contributed by atoms with E-state index in [-0.39, 0.29) is 5.75 Å². The lowest BCUT2D eigenvalue weighted by Gasteiger charge is -2.44. The summed E-state index contributed by atoms with van der Waals surface area (Å²) in [4.78, 5) is 13.8. The smallest absolute Gasteiger partial charge is 0.225 e. The maximum absolute atomic E-state index is 10.3. The van der Waals surface area contributed by atoms with E-state index in [1.807, 2.05) is 36.3 Å². The number of para-hydroxylation sites is 1. The zero-order valence-corrected chi connectivity index (χ0v) is 18.2. The zero-order chi connectivity index (χ0) is 20.8. The van der Waals surface area contributed by atoms with Crippen molar-refractivity contribution in [2.75, 3.05) is 25.0 Å². The molecule has 4 heterocycles. The van der Waals surface area contributed by atoms with Gasteiger partial charge < -0.3 is 20.6 Å². The summed E-state index contributed by atoms with van der Waals surface area (Å²) in [7, 11) is 1.89. The Morgan fingerprint density at radius 1 is 1.13 bits per heavy atom. The highest BCUT2D eigenvalue weighted by molar-refractivity contribution is 9.10. The monoisotopic (exact) mass is 469 g/mol. The molecule has 156 valence electrons. The highest BCUT2D eigenvalue weighted by Crippen LogP contribution is 2.36. The number of phenolic OH excluding ortho intramolecular Hbond substituents is 1. The predicted octanol–water partition coefficient (Wildman–Crippen LogP) is 2.22. The average Bonchev–Trinajstić information content (AvgIpc) is 3.00. The molecule has 2 fully saturated rings.